The quantitative estimate of drug-likeness (QED) is 0.895. The minimum Gasteiger partial charge on any atom is -0.345 e. The number of rotatable bonds is 2. The summed E-state index contributed by atoms with van der Waals surface area (Å²) >= 11 is 0. The average molecular weight is 346 g/mol. The van der Waals surface area contributed by atoms with Crippen LogP contribution >= 0.6 is 0 Å². The summed E-state index contributed by atoms with van der Waals surface area (Å²) in [5, 5.41) is 2.98. The van der Waals surface area contributed by atoms with Crippen LogP contribution in [0.3, 0.4) is 0 Å². The summed E-state index contributed by atoms with van der Waals surface area (Å²) in [6.45, 7) is 12.4. The molecular formula is C19H30N4O2. The van der Waals surface area contributed by atoms with Crippen molar-refractivity contribution in [3.8, 4) is 0 Å². The Hall–Kier alpha value is -1.98. The van der Waals surface area contributed by atoms with Crippen LogP contribution in [0.1, 0.15) is 61.4 Å². The van der Waals surface area contributed by atoms with Gasteiger partial charge in [-0.2, -0.15) is 0 Å². The molecule has 0 atom stereocenters. The number of carbonyl (C=O) groups is 2. The second-order valence-corrected chi connectivity index (χ2v) is 8.35. The fraction of sp³-hybridized carbons (Fsp3) is 0.684. The zero-order valence-electron chi connectivity index (χ0n) is 16.1. The molecule has 25 heavy (non-hydrogen) atoms. The van der Waals surface area contributed by atoms with Gasteiger partial charge in [0.1, 0.15) is 0 Å². The van der Waals surface area contributed by atoms with Gasteiger partial charge in [0.25, 0.3) is 5.91 Å². The normalized spacial score (nSPS) is 18.4. The topological polar surface area (TPSA) is 57.6 Å². The van der Waals surface area contributed by atoms with Crippen LogP contribution in [0.5, 0.6) is 0 Å². The van der Waals surface area contributed by atoms with Gasteiger partial charge in [-0.25, -0.2) is 4.79 Å². The summed E-state index contributed by atoms with van der Waals surface area (Å²) in [5.41, 5.74) is 2.83. The molecule has 2 aliphatic rings. The number of carbonyl (C=O) groups excluding carboxylic acids is 2. The predicted molar refractivity (Wildman–Crippen MR) is 97.9 cm³/mol. The summed E-state index contributed by atoms with van der Waals surface area (Å²) in [5.74, 6) is 0.0934. The summed E-state index contributed by atoms with van der Waals surface area (Å²) < 4.78 is 2.31. The number of aromatic nitrogens is 1. The molecule has 1 saturated carbocycles. The van der Waals surface area contributed by atoms with E-state index in [1.54, 1.807) is 4.90 Å². The third-order valence-corrected chi connectivity index (χ3v) is 4.96. The van der Waals surface area contributed by atoms with Gasteiger partial charge in [0.2, 0.25) is 0 Å². The Kier molecular flexibility index (Phi) is 4.56. The van der Waals surface area contributed by atoms with E-state index in [9.17, 15) is 9.59 Å². The first kappa shape index (κ1) is 17.8. The Morgan fingerprint density at radius 2 is 1.60 bits per heavy atom. The third kappa shape index (κ3) is 3.83. The second kappa shape index (κ2) is 6.39. The maximum absolute atomic E-state index is 12.9. The molecule has 1 aromatic heterocycles. The van der Waals surface area contributed by atoms with Crippen LogP contribution in [-0.2, 0) is 0 Å². The fourth-order valence-corrected chi connectivity index (χ4v) is 3.57. The van der Waals surface area contributed by atoms with Crippen molar-refractivity contribution in [1.82, 2.24) is 19.7 Å². The molecule has 0 bridgehead atoms. The first-order chi connectivity index (χ1) is 11.7. The summed E-state index contributed by atoms with van der Waals surface area (Å²) in [7, 11) is 0. The van der Waals surface area contributed by atoms with Gasteiger partial charge in [-0.3, -0.25) is 4.79 Å². The number of hydrogen-bond acceptors (Lipinski definition) is 2. The highest BCUT2D eigenvalue weighted by Crippen LogP contribution is 2.38. The van der Waals surface area contributed by atoms with Crippen LogP contribution in [0.25, 0.3) is 0 Å². The summed E-state index contributed by atoms with van der Waals surface area (Å²) in [6.07, 6.45) is 2.43. The lowest BCUT2D eigenvalue weighted by Gasteiger charge is -2.36. The predicted octanol–water partition coefficient (Wildman–Crippen LogP) is 2.71. The summed E-state index contributed by atoms with van der Waals surface area (Å²) in [4.78, 5) is 28.8. The van der Waals surface area contributed by atoms with Crippen LogP contribution < -0.4 is 5.32 Å². The van der Waals surface area contributed by atoms with E-state index >= 15 is 0 Å². The highest BCUT2D eigenvalue weighted by atomic mass is 16.2. The Morgan fingerprint density at radius 1 is 1.04 bits per heavy atom. The lowest BCUT2D eigenvalue weighted by atomic mass is 10.1. The van der Waals surface area contributed by atoms with E-state index in [4.69, 9.17) is 0 Å². The second-order valence-electron chi connectivity index (χ2n) is 8.35. The number of nitrogens with zero attached hydrogens (tertiary/aromatic N) is 3. The van der Waals surface area contributed by atoms with Crippen molar-refractivity contribution in [3.63, 3.8) is 0 Å². The van der Waals surface area contributed by atoms with Gasteiger partial charge in [-0.1, -0.05) is 0 Å². The highest BCUT2D eigenvalue weighted by Gasteiger charge is 2.31. The highest BCUT2D eigenvalue weighted by molar-refractivity contribution is 5.96. The monoisotopic (exact) mass is 346 g/mol. The van der Waals surface area contributed by atoms with Gasteiger partial charge in [0, 0.05) is 49.1 Å². The van der Waals surface area contributed by atoms with E-state index in [2.05, 4.69) is 16.8 Å². The number of hydrogen-bond donors (Lipinski definition) is 1. The first-order valence-electron chi connectivity index (χ1n) is 9.22. The Labute approximate surface area is 150 Å². The van der Waals surface area contributed by atoms with Crippen LogP contribution in [0, 0.1) is 13.8 Å². The van der Waals surface area contributed by atoms with E-state index in [0.717, 1.165) is 11.3 Å². The van der Waals surface area contributed by atoms with Gasteiger partial charge in [0.05, 0.1) is 5.56 Å². The molecule has 1 saturated heterocycles. The van der Waals surface area contributed by atoms with Crippen molar-refractivity contribution in [1.29, 1.82) is 0 Å². The Morgan fingerprint density at radius 3 is 2.12 bits per heavy atom. The van der Waals surface area contributed by atoms with Crippen molar-refractivity contribution in [3.05, 3.63) is 23.0 Å². The van der Waals surface area contributed by atoms with E-state index in [1.165, 1.54) is 18.5 Å². The molecule has 3 rings (SSSR count). The van der Waals surface area contributed by atoms with Gasteiger partial charge >= 0.3 is 6.03 Å². The van der Waals surface area contributed by atoms with Gasteiger partial charge < -0.3 is 19.7 Å². The molecular weight excluding hydrogens is 316 g/mol. The molecule has 0 spiro atoms. The number of piperazine rings is 1. The molecule has 1 N–H and O–H groups in total. The number of nitrogens with one attached hydrogen (secondary N) is 1. The zero-order chi connectivity index (χ0) is 18.4. The van der Waals surface area contributed by atoms with Gasteiger partial charge in [-0.15, -0.1) is 0 Å². The third-order valence-electron chi connectivity index (χ3n) is 4.96. The van der Waals surface area contributed by atoms with E-state index in [0.29, 0.717) is 32.2 Å². The lowest BCUT2D eigenvalue weighted by Crippen LogP contribution is -2.56. The number of urea groups is 1. The molecule has 0 radical (unpaired) electrons. The van der Waals surface area contributed by atoms with Crippen LogP contribution in [0.2, 0.25) is 0 Å². The number of amides is 3. The molecule has 6 heteroatoms. The van der Waals surface area contributed by atoms with Crippen LogP contribution in [0.15, 0.2) is 6.07 Å². The number of aryl methyl sites for hydroxylation is 1. The molecule has 6 nitrogen and oxygen atoms in total. The molecule has 1 aromatic rings. The van der Waals surface area contributed by atoms with Crippen LogP contribution in [-0.4, -0.2) is 58.0 Å². The smallest absolute Gasteiger partial charge is 0.317 e. The van der Waals surface area contributed by atoms with E-state index in [1.807, 2.05) is 38.7 Å². The molecule has 2 heterocycles. The average Bonchev–Trinajstić information content (AvgIpc) is 3.31. The standard InChI is InChI=1S/C19H30N4O2/c1-13-12-16(14(2)23(13)15-6-7-15)17(24)21-8-10-22(11-9-21)18(25)20-19(3,4)5/h12,15H,6-11H2,1-5H3,(H,20,25). The molecule has 0 unspecified atom stereocenters. The van der Waals surface area contributed by atoms with Crippen molar-refractivity contribution >= 4 is 11.9 Å². The lowest BCUT2D eigenvalue weighted by molar-refractivity contribution is 0.0660. The zero-order valence-corrected chi connectivity index (χ0v) is 16.1. The largest absolute Gasteiger partial charge is 0.345 e. The SMILES string of the molecule is Cc1cc(C(=O)N2CCN(C(=O)NC(C)(C)C)CC2)c(C)n1C1CC1. The van der Waals surface area contributed by atoms with Gasteiger partial charge in [-0.05, 0) is 53.5 Å². The maximum Gasteiger partial charge on any atom is 0.317 e. The molecule has 138 valence electrons. The summed E-state index contributed by atoms with van der Waals surface area (Å²) in [6, 6.07) is 2.56. The van der Waals surface area contributed by atoms with Crippen LogP contribution in [0.4, 0.5) is 4.79 Å². The maximum atomic E-state index is 12.9. The molecule has 0 aromatic carbocycles. The van der Waals surface area contributed by atoms with Gasteiger partial charge in [0.15, 0.2) is 0 Å². The Balaban J connectivity index is 1.62. The molecule has 1 aliphatic carbocycles. The van der Waals surface area contributed by atoms with Crippen molar-refractivity contribution < 1.29 is 9.59 Å². The van der Waals surface area contributed by atoms with E-state index < -0.39 is 0 Å². The van der Waals surface area contributed by atoms with Crippen molar-refractivity contribution in [2.75, 3.05) is 26.2 Å². The first-order valence-corrected chi connectivity index (χ1v) is 9.22. The van der Waals surface area contributed by atoms with Crippen molar-refractivity contribution in [2.24, 2.45) is 0 Å². The van der Waals surface area contributed by atoms with Crippen molar-refractivity contribution in [2.45, 2.75) is 59.0 Å². The van der Waals surface area contributed by atoms with E-state index in [-0.39, 0.29) is 17.5 Å². The molecule has 3 amide bonds. The minimum atomic E-state index is -0.246. The molecule has 1 aliphatic heterocycles. The minimum absolute atomic E-state index is 0.0495. The Bertz CT molecular complexity index is 674. The molecule has 2 fully saturated rings. The fourth-order valence-electron chi connectivity index (χ4n) is 3.57.